The quantitative estimate of drug-likeness (QED) is 0.615. The summed E-state index contributed by atoms with van der Waals surface area (Å²) in [5.74, 6) is 0.357. The van der Waals surface area contributed by atoms with Crippen molar-refractivity contribution in [1.29, 1.82) is 10.5 Å². The molecular formula is C16H16N4OS2. The topological polar surface area (TPSA) is 82.5 Å². The average Bonchev–Trinajstić information content (AvgIpc) is 3.12. The minimum absolute atomic E-state index is 0.0161. The molecule has 3 rings (SSSR count). The van der Waals surface area contributed by atoms with E-state index >= 15 is 0 Å². The Morgan fingerprint density at radius 2 is 2.26 bits per heavy atom. The molecule has 1 aliphatic carbocycles. The first-order chi connectivity index (χ1) is 11.2. The first-order valence-electron chi connectivity index (χ1n) is 7.56. The van der Waals surface area contributed by atoms with Crippen LogP contribution in [0.4, 0.5) is 0 Å². The van der Waals surface area contributed by atoms with Gasteiger partial charge in [0.05, 0.1) is 23.4 Å². The molecule has 0 fully saturated rings. The summed E-state index contributed by atoms with van der Waals surface area (Å²) < 4.78 is 1.59. The van der Waals surface area contributed by atoms with E-state index in [-0.39, 0.29) is 11.5 Å². The number of hydrogen-bond donors (Lipinski definition) is 0. The SMILES string of the molecule is Cn1c(SC[C@H](C#N)CCC#N)nc2sc3c(c2c1=O)CCC3. The lowest BCUT2D eigenvalue weighted by molar-refractivity contribution is 0.678. The molecule has 2 aromatic rings. The fourth-order valence-electron chi connectivity index (χ4n) is 2.83. The number of nitrogens with zero attached hydrogens (tertiary/aromatic N) is 4. The number of thioether (sulfide) groups is 1. The molecule has 0 aromatic carbocycles. The zero-order valence-corrected chi connectivity index (χ0v) is 14.5. The summed E-state index contributed by atoms with van der Waals surface area (Å²) in [7, 11) is 1.74. The number of hydrogen-bond acceptors (Lipinski definition) is 6. The van der Waals surface area contributed by atoms with Gasteiger partial charge >= 0.3 is 0 Å². The highest BCUT2D eigenvalue weighted by molar-refractivity contribution is 7.99. The van der Waals surface area contributed by atoms with E-state index in [4.69, 9.17) is 10.5 Å². The van der Waals surface area contributed by atoms with Crippen molar-refractivity contribution < 1.29 is 0 Å². The van der Waals surface area contributed by atoms with E-state index in [9.17, 15) is 4.79 Å². The molecule has 5 nitrogen and oxygen atoms in total. The first kappa shape index (κ1) is 16.0. The maximum Gasteiger partial charge on any atom is 0.262 e. The van der Waals surface area contributed by atoms with Gasteiger partial charge in [0.1, 0.15) is 4.83 Å². The van der Waals surface area contributed by atoms with Gasteiger partial charge < -0.3 is 0 Å². The Labute approximate surface area is 142 Å². The molecule has 0 aliphatic heterocycles. The predicted molar refractivity (Wildman–Crippen MR) is 91.6 cm³/mol. The van der Waals surface area contributed by atoms with Crippen LogP contribution in [0.25, 0.3) is 10.2 Å². The maximum atomic E-state index is 12.7. The molecule has 0 radical (unpaired) electrons. The van der Waals surface area contributed by atoms with Crippen LogP contribution in [0.1, 0.15) is 29.7 Å². The van der Waals surface area contributed by atoms with Crippen LogP contribution < -0.4 is 5.56 Å². The molecule has 0 unspecified atom stereocenters. The van der Waals surface area contributed by atoms with Gasteiger partial charge in [0.2, 0.25) is 0 Å². The van der Waals surface area contributed by atoms with Crippen molar-refractivity contribution in [3.05, 3.63) is 20.8 Å². The third-order valence-corrected chi connectivity index (χ3v) is 6.48. The maximum absolute atomic E-state index is 12.7. The zero-order valence-electron chi connectivity index (χ0n) is 12.8. The highest BCUT2D eigenvalue weighted by Gasteiger charge is 2.22. The molecule has 23 heavy (non-hydrogen) atoms. The van der Waals surface area contributed by atoms with Crippen LogP contribution in [0.3, 0.4) is 0 Å². The van der Waals surface area contributed by atoms with Gasteiger partial charge in [0, 0.05) is 24.1 Å². The molecule has 0 bridgehead atoms. The summed E-state index contributed by atoms with van der Waals surface area (Å²) in [4.78, 5) is 19.4. The van der Waals surface area contributed by atoms with Crippen LogP contribution in [-0.4, -0.2) is 15.3 Å². The van der Waals surface area contributed by atoms with Gasteiger partial charge in [-0.15, -0.1) is 11.3 Å². The van der Waals surface area contributed by atoms with E-state index in [1.807, 2.05) is 0 Å². The van der Waals surface area contributed by atoms with Crippen LogP contribution in [0, 0.1) is 28.6 Å². The van der Waals surface area contributed by atoms with E-state index in [0.29, 0.717) is 23.8 Å². The lowest BCUT2D eigenvalue weighted by Crippen LogP contribution is -2.20. The molecule has 1 atom stereocenters. The van der Waals surface area contributed by atoms with Crippen molar-refractivity contribution in [3.63, 3.8) is 0 Å². The van der Waals surface area contributed by atoms with Crippen molar-refractivity contribution in [3.8, 4) is 12.1 Å². The van der Waals surface area contributed by atoms with Crippen molar-refractivity contribution >= 4 is 33.3 Å². The Hall–Kier alpha value is -1.83. The third-order valence-electron chi connectivity index (χ3n) is 4.11. The number of fused-ring (bicyclic) bond motifs is 3. The molecule has 0 saturated heterocycles. The molecular weight excluding hydrogens is 328 g/mol. The second kappa shape index (κ2) is 6.74. The normalized spacial score (nSPS) is 14.4. The second-order valence-corrected chi connectivity index (χ2v) is 7.70. The molecule has 1 aliphatic rings. The van der Waals surface area contributed by atoms with Gasteiger partial charge in [-0.25, -0.2) is 4.98 Å². The lowest BCUT2D eigenvalue weighted by atomic mass is 10.1. The van der Waals surface area contributed by atoms with Gasteiger partial charge in [-0.1, -0.05) is 11.8 Å². The number of aryl methyl sites for hydroxylation is 2. The predicted octanol–water partition coefficient (Wildman–Crippen LogP) is 3.02. The van der Waals surface area contributed by atoms with Crippen LogP contribution in [0.5, 0.6) is 0 Å². The minimum Gasteiger partial charge on any atom is -0.290 e. The molecule has 0 N–H and O–H groups in total. The fourth-order valence-corrected chi connectivity index (χ4v) is 5.17. The van der Waals surface area contributed by atoms with Crippen molar-refractivity contribution in [2.75, 3.05) is 5.75 Å². The van der Waals surface area contributed by atoms with Crippen LogP contribution in [-0.2, 0) is 19.9 Å². The van der Waals surface area contributed by atoms with E-state index in [0.717, 1.165) is 29.5 Å². The summed E-state index contributed by atoms with van der Waals surface area (Å²) in [5.41, 5.74) is 1.21. The number of rotatable bonds is 5. The molecule has 0 spiro atoms. The van der Waals surface area contributed by atoms with Gasteiger partial charge in [0.15, 0.2) is 5.16 Å². The Bertz CT molecular complexity index is 885. The molecule has 0 amide bonds. The highest BCUT2D eigenvalue weighted by atomic mass is 32.2. The minimum atomic E-state index is -0.194. The Morgan fingerprint density at radius 3 is 3.00 bits per heavy atom. The largest absolute Gasteiger partial charge is 0.290 e. The monoisotopic (exact) mass is 344 g/mol. The third kappa shape index (κ3) is 2.99. The number of aromatic nitrogens is 2. The molecule has 2 aromatic heterocycles. The zero-order chi connectivity index (χ0) is 16.4. The summed E-state index contributed by atoms with van der Waals surface area (Å²) >= 11 is 3.06. The fraction of sp³-hybridized carbons (Fsp3) is 0.500. The van der Waals surface area contributed by atoms with Crippen LogP contribution in [0.2, 0.25) is 0 Å². The molecule has 2 heterocycles. The van der Waals surface area contributed by atoms with Crippen LogP contribution in [0.15, 0.2) is 9.95 Å². The van der Waals surface area contributed by atoms with Gasteiger partial charge in [-0.05, 0) is 31.2 Å². The average molecular weight is 344 g/mol. The Balaban J connectivity index is 1.88. The van der Waals surface area contributed by atoms with Crippen molar-refractivity contribution in [2.24, 2.45) is 13.0 Å². The number of thiophene rings is 1. The Kier molecular flexibility index (Phi) is 4.70. The lowest BCUT2D eigenvalue weighted by Gasteiger charge is -2.09. The van der Waals surface area contributed by atoms with E-state index in [1.54, 1.807) is 23.0 Å². The smallest absolute Gasteiger partial charge is 0.262 e. The van der Waals surface area contributed by atoms with E-state index in [2.05, 4.69) is 17.1 Å². The van der Waals surface area contributed by atoms with E-state index < -0.39 is 0 Å². The van der Waals surface area contributed by atoms with Gasteiger partial charge in [0.25, 0.3) is 5.56 Å². The first-order valence-corrected chi connectivity index (χ1v) is 9.36. The molecule has 0 saturated carbocycles. The summed E-state index contributed by atoms with van der Waals surface area (Å²) in [6.45, 7) is 0. The van der Waals surface area contributed by atoms with Gasteiger partial charge in [-0.2, -0.15) is 10.5 Å². The Morgan fingerprint density at radius 1 is 1.43 bits per heavy atom. The van der Waals surface area contributed by atoms with Crippen molar-refractivity contribution in [2.45, 2.75) is 37.3 Å². The summed E-state index contributed by atoms with van der Waals surface area (Å²) in [5, 5.41) is 19.2. The van der Waals surface area contributed by atoms with Crippen molar-refractivity contribution in [1.82, 2.24) is 9.55 Å². The van der Waals surface area contributed by atoms with Crippen LogP contribution >= 0.6 is 23.1 Å². The molecule has 118 valence electrons. The summed E-state index contributed by atoms with van der Waals surface area (Å²) in [6, 6.07) is 4.29. The van der Waals surface area contributed by atoms with Gasteiger partial charge in [-0.3, -0.25) is 9.36 Å². The number of nitriles is 2. The molecule has 7 heteroatoms. The second-order valence-electron chi connectivity index (χ2n) is 5.63. The highest BCUT2D eigenvalue weighted by Crippen LogP contribution is 2.35. The van der Waals surface area contributed by atoms with E-state index in [1.165, 1.54) is 22.2 Å². The summed E-state index contributed by atoms with van der Waals surface area (Å²) in [6.07, 6.45) is 4.08. The standard InChI is InChI=1S/C16H16N4OS2/c1-20-15(21)13-11-5-2-6-12(11)23-14(13)19-16(20)22-9-10(8-18)4-3-7-17/h10H,2-6,9H2,1H3/t10-/m0/s1.